The van der Waals surface area contributed by atoms with Gasteiger partial charge < -0.3 is 16.0 Å². The Kier molecular flexibility index (Phi) is 7.86. The number of carbonyl (C=O) groups excluding carboxylic acids is 1. The summed E-state index contributed by atoms with van der Waals surface area (Å²) in [5.41, 5.74) is 1.83. The number of carbonyl (C=O) groups is 1. The number of amides is 1. The van der Waals surface area contributed by atoms with Crippen molar-refractivity contribution in [1.82, 2.24) is 10.6 Å². The molecule has 0 aromatic heterocycles. The van der Waals surface area contributed by atoms with Gasteiger partial charge in [-0.2, -0.15) is 0 Å². The van der Waals surface area contributed by atoms with Gasteiger partial charge in [0.2, 0.25) is 3.79 Å². The van der Waals surface area contributed by atoms with E-state index in [9.17, 15) is 4.79 Å². The molecule has 0 saturated heterocycles. The minimum atomic E-state index is -1.86. The van der Waals surface area contributed by atoms with Crippen LogP contribution in [0, 0.1) is 6.92 Å². The summed E-state index contributed by atoms with van der Waals surface area (Å²) in [5.74, 6) is -0.408. The Morgan fingerprint density at radius 2 is 1.70 bits per heavy atom. The predicted molar refractivity (Wildman–Crippen MR) is 119 cm³/mol. The van der Waals surface area contributed by atoms with E-state index in [0.717, 1.165) is 5.56 Å². The van der Waals surface area contributed by atoms with Crippen molar-refractivity contribution < 1.29 is 4.79 Å². The second-order valence-electron chi connectivity index (χ2n) is 5.49. The van der Waals surface area contributed by atoms with Gasteiger partial charge in [0.25, 0.3) is 5.91 Å². The standard InChI is InChI=1S/C17H14Cl5N3OS/c1-9-4-2-3-5-11(9)14(26)24-15(17(20,21)22)25-16(27)23-10-6-7-12(18)13(19)8-10/h2-8,15H,1H3,(H,24,26)(H2,23,25,27)/t15-/m0/s1. The van der Waals surface area contributed by atoms with Crippen LogP contribution >= 0.6 is 70.2 Å². The highest BCUT2D eigenvalue weighted by molar-refractivity contribution is 7.80. The van der Waals surface area contributed by atoms with Crippen LogP contribution in [0.3, 0.4) is 0 Å². The molecule has 27 heavy (non-hydrogen) atoms. The fourth-order valence-corrected chi connectivity index (χ4v) is 2.97. The van der Waals surface area contributed by atoms with Crippen LogP contribution in [0.4, 0.5) is 5.69 Å². The molecule has 2 aromatic carbocycles. The third kappa shape index (κ3) is 6.56. The Morgan fingerprint density at radius 1 is 1.04 bits per heavy atom. The van der Waals surface area contributed by atoms with Crippen LogP contribution in [0.2, 0.25) is 10.0 Å². The Labute approximate surface area is 187 Å². The number of hydrogen-bond acceptors (Lipinski definition) is 2. The van der Waals surface area contributed by atoms with E-state index in [1.54, 1.807) is 30.3 Å². The predicted octanol–water partition coefficient (Wildman–Crippen LogP) is 5.71. The quantitative estimate of drug-likeness (QED) is 0.295. The van der Waals surface area contributed by atoms with E-state index in [4.69, 9.17) is 70.2 Å². The number of benzene rings is 2. The molecule has 0 aliphatic rings. The van der Waals surface area contributed by atoms with Gasteiger partial charge in [-0.15, -0.1) is 0 Å². The summed E-state index contributed by atoms with van der Waals surface area (Å²) in [5, 5.41) is 9.18. The van der Waals surface area contributed by atoms with Gasteiger partial charge in [0.1, 0.15) is 6.17 Å². The second-order valence-corrected chi connectivity index (χ2v) is 9.08. The molecule has 4 nitrogen and oxygen atoms in total. The zero-order valence-corrected chi connectivity index (χ0v) is 18.4. The van der Waals surface area contributed by atoms with Crippen molar-refractivity contribution in [1.29, 1.82) is 0 Å². The topological polar surface area (TPSA) is 53.2 Å². The van der Waals surface area contributed by atoms with E-state index < -0.39 is 15.9 Å². The minimum Gasteiger partial charge on any atom is -0.339 e. The van der Waals surface area contributed by atoms with Gasteiger partial charge in [-0.3, -0.25) is 4.79 Å². The zero-order chi connectivity index (χ0) is 20.2. The van der Waals surface area contributed by atoms with Crippen molar-refractivity contribution in [3.8, 4) is 0 Å². The monoisotopic (exact) mass is 483 g/mol. The largest absolute Gasteiger partial charge is 0.339 e. The lowest BCUT2D eigenvalue weighted by atomic mass is 10.1. The van der Waals surface area contributed by atoms with Crippen LogP contribution in [0.15, 0.2) is 42.5 Å². The fourth-order valence-electron chi connectivity index (χ4n) is 2.11. The van der Waals surface area contributed by atoms with Crippen molar-refractivity contribution in [2.45, 2.75) is 16.9 Å². The average molecular weight is 486 g/mol. The number of thiocarbonyl (C=S) groups is 1. The third-order valence-electron chi connectivity index (χ3n) is 3.45. The number of anilines is 1. The zero-order valence-electron chi connectivity index (χ0n) is 13.8. The Balaban J connectivity index is 2.10. The molecule has 0 unspecified atom stereocenters. The highest BCUT2D eigenvalue weighted by Gasteiger charge is 2.35. The summed E-state index contributed by atoms with van der Waals surface area (Å²) >= 11 is 35.1. The smallest absolute Gasteiger partial charge is 0.253 e. The summed E-state index contributed by atoms with van der Waals surface area (Å²) in [4.78, 5) is 12.5. The van der Waals surface area contributed by atoms with E-state index in [1.165, 1.54) is 0 Å². The number of aryl methyl sites for hydroxylation is 1. The first kappa shape index (κ1) is 22.3. The maximum absolute atomic E-state index is 12.5. The molecule has 1 atom stereocenters. The van der Waals surface area contributed by atoms with Crippen molar-refractivity contribution in [3.63, 3.8) is 0 Å². The highest BCUT2D eigenvalue weighted by atomic mass is 35.6. The number of halogens is 5. The summed E-state index contributed by atoms with van der Waals surface area (Å²) in [7, 11) is 0. The summed E-state index contributed by atoms with van der Waals surface area (Å²) in [6.07, 6.45) is -1.09. The van der Waals surface area contributed by atoms with Crippen molar-refractivity contribution in [3.05, 3.63) is 63.6 Å². The van der Waals surface area contributed by atoms with Gasteiger partial charge in [-0.25, -0.2) is 0 Å². The van der Waals surface area contributed by atoms with Gasteiger partial charge in [-0.1, -0.05) is 76.2 Å². The van der Waals surface area contributed by atoms with Gasteiger partial charge in [0.05, 0.1) is 10.0 Å². The van der Waals surface area contributed by atoms with Crippen LogP contribution < -0.4 is 16.0 Å². The third-order valence-corrected chi connectivity index (χ3v) is 5.06. The molecule has 0 heterocycles. The molecule has 0 saturated carbocycles. The summed E-state index contributed by atoms with van der Waals surface area (Å²) < 4.78 is -1.86. The SMILES string of the molecule is Cc1ccccc1C(=O)N[C@@H](NC(=S)Nc1ccc(Cl)c(Cl)c1)C(Cl)(Cl)Cl. The fraction of sp³-hybridized carbons (Fsp3) is 0.176. The van der Waals surface area contributed by atoms with Gasteiger partial charge in [0.15, 0.2) is 5.11 Å². The first-order valence-electron chi connectivity index (χ1n) is 7.53. The lowest BCUT2D eigenvalue weighted by molar-refractivity contribution is 0.0934. The van der Waals surface area contributed by atoms with Crippen LogP contribution in [-0.4, -0.2) is 21.0 Å². The number of hydrogen-bond donors (Lipinski definition) is 3. The van der Waals surface area contributed by atoms with Gasteiger partial charge in [0, 0.05) is 11.3 Å². The van der Waals surface area contributed by atoms with E-state index in [2.05, 4.69) is 16.0 Å². The first-order chi connectivity index (χ1) is 12.6. The number of rotatable bonds is 4. The minimum absolute atomic E-state index is 0.120. The Morgan fingerprint density at radius 3 is 2.30 bits per heavy atom. The number of nitrogens with one attached hydrogen (secondary N) is 3. The molecule has 10 heteroatoms. The highest BCUT2D eigenvalue weighted by Crippen LogP contribution is 2.30. The first-order valence-corrected chi connectivity index (χ1v) is 9.83. The molecular formula is C17H14Cl5N3OS. The molecule has 0 fully saturated rings. The van der Waals surface area contributed by atoms with Crippen LogP contribution in [-0.2, 0) is 0 Å². The molecule has 0 radical (unpaired) electrons. The molecule has 0 aliphatic carbocycles. The van der Waals surface area contributed by atoms with Crippen molar-refractivity contribution in [2.75, 3.05) is 5.32 Å². The molecule has 2 rings (SSSR count). The van der Waals surface area contributed by atoms with E-state index in [0.29, 0.717) is 21.3 Å². The van der Waals surface area contributed by atoms with Gasteiger partial charge >= 0.3 is 0 Å². The van der Waals surface area contributed by atoms with Gasteiger partial charge in [-0.05, 0) is 49.0 Å². The van der Waals surface area contributed by atoms with Crippen molar-refractivity contribution in [2.24, 2.45) is 0 Å². The number of alkyl halides is 3. The maximum atomic E-state index is 12.5. The molecule has 0 spiro atoms. The summed E-state index contributed by atoms with van der Waals surface area (Å²) in [6.45, 7) is 1.81. The van der Waals surface area contributed by atoms with E-state index in [-0.39, 0.29) is 5.11 Å². The Hall–Kier alpha value is -0.950. The van der Waals surface area contributed by atoms with Crippen LogP contribution in [0.1, 0.15) is 15.9 Å². The molecule has 2 aromatic rings. The lowest BCUT2D eigenvalue weighted by Crippen LogP contribution is -2.56. The van der Waals surface area contributed by atoms with Crippen LogP contribution in [0.5, 0.6) is 0 Å². The molecular weight excluding hydrogens is 472 g/mol. The lowest BCUT2D eigenvalue weighted by Gasteiger charge is -2.28. The average Bonchev–Trinajstić information content (AvgIpc) is 2.57. The summed E-state index contributed by atoms with van der Waals surface area (Å²) in [6, 6.07) is 11.9. The molecule has 1 amide bonds. The molecule has 144 valence electrons. The normalized spacial score (nSPS) is 12.2. The van der Waals surface area contributed by atoms with Crippen LogP contribution in [0.25, 0.3) is 0 Å². The van der Waals surface area contributed by atoms with E-state index >= 15 is 0 Å². The molecule has 0 aliphatic heterocycles. The van der Waals surface area contributed by atoms with E-state index in [1.807, 2.05) is 19.1 Å². The Bertz CT molecular complexity index is 857. The molecule has 3 N–H and O–H groups in total. The molecule has 0 bridgehead atoms. The maximum Gasteiger partial charge on any atom is 0.253 e. The van der Waals surface area contributed by atoms with Crippen molar-refractivity contribution >= 4 is 86.9 Å². The second kappa shape index (κ2) is 9.50.